The van der Waals surface area contributed by atoms with E-state index < -0.39 is 6.50 Å². The summed E-state index contributed by atoms with van der Waals surface area (Å²) < 4.78 is 14.9. The van der Waals surface area contributed by atoms with Crippen LogP contribution in [0.15, 0.2) is 0 Å². The highest BCUT2D eigenvalue weighted by Gasteiger charge is 2.27. The van der Waals surface area contributed by atoms with E-state index in [-0.39, 0.29) is 5.54 Å². The van der Waals surface area contributed by atoms with Gasteiger partial charge in [0, 0.05) is 27.4 Å². The molecule has 0 aromatic rings. The summed E-state index contributed by atoms with van der Waals surface area (Å²) in [6, 6.07) is 0.311. The van der Waals surface area contributed by atoms with Crippen LogP contribution >= 0.6 is 0 Å². The van der Waals surface area contributed by atoms with E-state index in [1.807, 2.05) is 13.8 Å². The molecule has 0 aromatic heterocycles. The fourth-order valence-corrected chi connectivity index (χ4v) is 0.840. The van der Waals surface area contributed by atoms with Crippen LogP contribution in [-0.2, 0) is 0 Å². The van der Waals surface area contributed by atoms with Crippen molar-refractivity contribution in [3.05, 3.63) is 0 Å². The third-order valence-corrected chi connectivity index (χ3v) is 1.99. The van der Waals surface area contributed by atoms with E-state index in [9.17, 15) is 0 Å². The van der Waals surface area contributed by atoms with Crippen molar-refractivity contribution < 1.29 is 2.74 Å². The van der Waals surface area contributed by atoms with Crippen LogP contribution < -0.4 is 10.6 Å². The van der Waals surface area contributed by atoms with E-state index in [1.165, 1.54) is 0 Å². The van der Waals surface area contributed by atoms with Crippen LogP contribution in [0.1, 0.15) is 23.5 Å². The van der Waals surface area contributed by atoms with Crippen molar-refractivity contribution in [2.75, 3.05) is 13.0 Å². The van der Waals surface area contributed by atoms with Gasteiger partial charge in [0.05, 0.1) is 0 Å². The maximum atomic E-state index is 7.46. The van der Waals surface area contributed by atoms with E-state index in [1.54, 1.807) is 0 Å². The molecule has 2 N–H and O–H groups in total. The highest BCUT2D eigenvalue weighted by atomic mass is 15.1. The first-order chi connectivity index (χ1) is 4.83. The molecule has 1 aliphatic rings. The Kier molecular flexibility index (Phi) is 1.18. The summed E-state index contributed by atoms with van der Waals surface area (Å²) in [6.07, 6.45) is 0. The second-order valence-electron chi connectivity index (χ2n) is 3.13. The van der Waals surface area contributed by atoms with E-state index in [4.69, 9.17) is 2.74 Å². The molecule has 0 radical (unpaired) electrons. The van der Waals surface area contributed by atoms with Gasteiger partial charge in [-0.3, -0.25) is 0 Å². The Hall–Kier alpha value is -0.0800. The lowest BCUT2D eigenvalue weighted by atomic mass is 9.94. The van der Waals surface area contributed by atoms with Crippen LogP contribution in [0.2, 0.25) is 0 Å². The Morgan fingerprint density at radius 3 is 2.78 bits per heavy atom. The average molecular weight is 130 g/mol. The van der Waals surface area contributed by atoms with E-state index in [2.05, 4.69) is 17.6 Å². The normalized spacial score (nSPS) is 43.2. The van der Waals surface area contributed by atoms with Gasteiger partial charge in [0.2, 0.25) is 0 Å². The third kappa shape index (κ3) is 1.43. The van der Waals surface area contributed by atoms with Gasteiger partial charge in [-0.05, 0) is 20.8 Å². The van der Waals surface area contributed by atoms with E-state index in [0.29, 0.717) is 12.6 Å². The zero-order chi connectivity index (χ0) is 8.70. The summed E-state index contributed by atoms with van der Waals surface area (Å²) in [4.78, 5) is 0. The van der Waals surface area contributed by atoms with Crippen molar-refractivity contribution in [1.29, 1.82) is 0 Å². The Labute approximate surface area is 59.8 Å². The van der Waals surface area contributed by atoms with Gasteiger partial charge in [0.15, 0.2) is 0 Å². The molecular weight excluding hydrogens is 112 g/mol. The molecular formula is C7H16N2. The Bertz CT molecular complexity index is 157. The Morgan fingerprint density at radius 2 is 2.33 bits per heavy atom. The lowest BCUT2D eigenvalue weighted by Crippen LogP contribution is -2.61. The zero-order valence-electron chi connectivity index (χ0n) is 8.28. The van der Waals surface area contributed by atoms with Crippen LogP contribution in [0.4, 0.5) is 0 Å². The van der Waals surface area contributed by atoms with Gasteiger partial charge in [0.1, 0.15) is 0 Å². The summed E-state index contributed by atoms with van der Waals surface area (Å²) in [5.41, 5.74) is -0.165. The van der Waals surface area contributed by atoms with Crippen molar-refractivity contribution >= 4 is 0 Å². The first-order valence-electron chi connectivity index (χ1n) is 4.36. The van der Waals surface area contributed by atoms with Gasteiger partial charge in [-0.1, -0.05) is 0 Å². The first kappa shape index (κ1) is 4.69. The number of hydrogen-bond acceptors (Lipinski definition) is 2. The molecule has 2 nitrogen and oxygen atoms in total. The smallest absolute Gasteiger partial charge is 0.0441 e. The molecule has 0 aliphatic carbocycles. The largest absolute Gasteiger partial charge is 0.311 e. The summed E-state index contributed by atoms with van der Waals surface area (Å²) in [5.74, 6) is 0. The Morgan fingerprint density at radius 1 is 1.67 bits per heavy atom. The van der Waals surface area contributed by atoms with Gasteiger partial charge in [-0.2, -0.15) is 0 Å². The van der Waals surface area contributed by atoms with Gasteiger partial charge >= 0.3 is 0 Å². The van der Waals surface area contributed by atoms with Crippen LogP contribution in [0.5, 0.6) is 0 Å². The molecule has 1 aliphatic heterocycles. The molecule has 1 fully saturated rings. The summed E-state index contributed by atoms with van der Waals surface area (Å²) in [5, 5.41) is 6.08. The van der Waals surface area contributed by atoms with E-state index >= 15 is 0 Å². The topological polar surface area (TPSA) is 24.1 Å². The van der Waals surface area contributed by atoms with Gasteiger partial charge in [-0.25, -0.2) is 0 Å². The highest BCUT2D eigenvalue weighted by Crippen LogP contribution is 2.09. The average Bonchev–Trinajstić information content (AvgIpc) is 1.77. The lowest BCUT2D eigenvalue weighted by Gasteiger charge is -2.38. The van der Waals surface area contributed by atoms with Crippen LogP contribution in [-0.4, -0.2) is 24.6 Å². The van der Waals surface area contributed by atoms with Gasteiger partial charge in [-0.15, -0.1) is 0 Å². The van der Waals surface area contributed by atoms with Crippen molar-refractivity contribution in [3.63, 3.8) is 0 Å². The minimum Gasteiger partial charge on any atom is -0.311 e. The van der Waals surface area contributed by atoms with Crippen LogP contribution in [0.3, 0.4) is 0 Å². The second-order valence-corrected chi connectivity index (χ2v) is 3.13. The molecule has 2 heteroatoms. The minimum atomic E-state index is -1.27. The molecule has 1 saturated heterocycles. The molecule has 1 rings (SSSR count). The minimum absolute atomic E-state index is 0.165. The molecule has 1 atom stereocenters. The molecule has 1 unspecified atom stereocenters. The summed E-state index contributed by atoms with van der Waals surface area (Å²) in [7, 11) is 0. The van der Waals surface area contributed by atoms with Crippen molar-refractivity contribution in [2.45, 2.75) is 32.4 Å². The molecule has 9 heavy (non-hydrogen) atoms. The van der Waals surface area contributed by atoms with Crippen LogP contribution in [0, 0.1) is 0 Å². The highest BCUT2D eigenvalue weighted by molar-refractivity contribution is 4.91. The number of rotatable bonds is 0. The fraction of sp³-hybridized carbons (Fsp3) is 1.00. The third-order valence-electron chi connectivity index (χ3n) is 1.99. The Balaban J connectivity index is 2.67. The predicted octanol–water partition coefficient (Wildman–Crippen LogP) is 0.346. The molecule has 0 bridgehead atoms. The number of piperazine rings is 1. The molecule has 54 valence electrons. The number of nitrogens with one attached hydrogen (secondary N) is 2. The summed E-state index contributed by atoms with van der Waals surface area (Å²) >= 11 is 0. The molecule has 0 amide bonds. The fourth-order valence-electron chi connectivity index (χ4n) is 0.840. The number of hydrogen-bond donors (Lipinski definition) is 2. The molecule has 0 spiro atoms. The van der Waals surface area contributed by atoms with Crippen molar-refractivity contribution in [1.82, 2.24) is 10.6 Å². The van der Waals surface area contributed by atoms with Crippen molar-refractivity contribution in [2.24, 2.45) is 0 Å². The monoisotopic (exact) mass is 130 g/mol. The molecule has 1 heterocycles. The van der Waals surface area contributed by atoms with Crippen molar-refractivity contribution in [3.8, 4) is 0 Å². The van der Waals surface area contributed by atoms with E-state index in [0.717, 1.165) is 0 Å². The standard InChI is InChI=1S/C7H16N2/c1-6-7(2,3)9-5-4-8-6/h6,8-9H,4-5H2,1-3H3/i5D2. The second kappa shape index (κ2) is 2.27. The predicted molar refractivity (Wildman–Crippen MR) is 39.5 cm³/mol. The maximum Gasteiger partial charge on any atom is 0.0441 e. The van der Waals surface area contributed by atoms with Crippen LogP contribution in [0.25, 0.3) is 0 Å². The maximum absolute atomic E-state index is 7.46. The molecule has 0 saturated carbocycles. The quantitative estimate of drug-likeness (QED) is 0.494. The summed E-state index contributed by atoms with van der Waals surface area (Å²) in [6.45, 7) is 5.18. The lowest BCUT2D eigenvalue weighted by molar-refractivity contribution is 0.250. The SMILES string of the molecule is [2H]C1([2H])CNC(C)C(C)(C)N1. The first-order valence-corrected chi connectivity index (χ1v) is 3.36. The molecule has 0 aromatic carbocycles. The van der Waals surface area contributed by atoms with Gasteiger partial charge in [0.25, 0.3) is 0 Å². The van der Waals surface area contributed by atoms with Gasteiger partial charge < -0.3 is 10.6 Å². The zero-order valence-corrected chi connectivity index (χ0v) is 6.28.